The molecule has 2 amide bonds. The molecule has 28 heavy (non-hydrogen) atoms. The zero-order chi connectivity index (χ0) is 19.7. The van der Waals surface area contributed by atoms with Crippen molar-refractivity contribution >= 4 is 45.1 Å². The number of likely N-dealkylation sites (tertiary alicyclic amines) is 1. The summed E-state index contributed by atoms with van der Waals surface area (Å²) in [5.41, 5.74) is 1.72. The summed E-state index contributed by atoms with van der Waals surface area (Å²) in [7, 11) is 0. The molecule has 2 aromatic heterocycles. The molecule has 1 aliphatic rings. The highest BCUT2D eigenvalue weighted by atomic mass is 32.2. The summed E-state index contributed by atoms with van der Waals surface area (Å²) in [6, 6.07) is 9.02. The largest absolute Gasteiger partial charge is 0.278 e. The first kappa shape index (κ1) is 19.1. The number of fused-ring (bicyclic) bond motifs is 1. The van der Waals surface area contributed by atoms with E-state index in [9.17, 15) is 9.59 Å². The van der Waals surface area contributed by atoms with Gasteiger partial charge >= 0.3 is 0 Å². The molecular weight excluding hydrogens is 390 g/mol. The molecule has 3 heterocycles. The molecule has 1 aliphatic heterocycles. The summed E-state index contributed by atoms with van der Waals surface area (Å²) in [6.07, 6.45) is 4.05. The van der Waals surface area contributed by atoms with Gasteiger partial charge in [0.05, 0.1) is 5.25 Å². The third-order valence-corrected chi connectivity index (χ3v) is 7.46. The minimum absolute atomic E-state index is 0.118. The van der Waals surface area contributed by atoms with Gasteiger partial charge in [-0.25, -0.2) is 9.97 Å². The van der Waals surface area contributed by atoms with Crippen LogP contribution >= 0.6 is 23.1 Å². The lowest BCUT2D eigenvalue weighted by Gasteiger charge is -2.22. The van der Waals surface area contributed by atoms with Crippen molar-refractivity contribution in [1.29, 1.82) is 0 Å². The number of hydrogen-bond acceptors (Lipinski definition) is 6. The number of amides is 2. The number of benzene rings is 1. The number of hydrogen-bond donors (Lipinski definition) is 0. The van der Waals surface area contributed by atoms with Crippen molar-refractivity contribution < 1.29 is 9.59 Å². The second-order valence-electron chi connectivity index (χ2n) is 6.91. The molecule has 0 aliphatic carbocycles. The van der Waals surface area contributed by atoms with Crippen LogP contribution in [0.15, 0.2) is 41.7 Å². The van der Waals surface area contributed by atoms with Crippen molar-refractivity contribution in [3.8, 4) is 0 Å². The molecule has 0 saturated carbocycles. The molecule has 0 unspecified atom stereocenters. The maximum absolute atomic E-state index is 13.2. The fourth-order valence-electron chi connectivity index (χ4n) is 3.43. The Morgan fingerprint density at radius 2 is 1.96 bits per heavy atom. The van der Waals surface area contributed by atoms with Gasteiger partial charge < -0.3 is 0 Å². The molecule has 4 rings (SSSR count). The summed E-state index contributed by atoms with van der Waals surface area (Å²) in [6.45, 7) is 4.62. The molecule has 3 aromatic rings. The van der Waals surface area contributed by atoms with Crippen LogP contribution in [-0.4, -0.2) is 38.5 Å². The van der Waals surface area contributed by atoms with Crippen LogP contribution in [-0.2, 0) is 4.79 Å². The van der Waals surface area contributed by atoms with Crippen molar-refractivity contribution in [1.82, 2.24) is 14.9 Å². The second-order valence-corrected chi connectivity index (χ2v) is 9.30. The fourth-order valence-corrected chi connectivity index (χ4v) is 5.75. The van der Waals surface area contributed by atoms with E-state index < -0.39 is 0 Å². The summed E-state index contributed by atoms with van der Waals surface area (Å²) in [5, 5.41) is 1.56. The Morgan fingerprint density at radius 1 is 1.18 bits per heavy atom. The molecule has 1 atom stereocenters. The summed E-state index contributed by atoms with van der Waals surface area (Å²) >= 11 is 3.12. The number of aromatic nitrogens is 2. The Bertz CT molecular complexity index is 1030. The molecule has 0 N–H and O–H groups in total. The van der Waals surface area contributed by atoms with Crippen LogP contribution in [0.3, 0.4) is 0 Å². The molecular formula is C21H21N3O2S2. The zero-order valence-electron chi connectivity index (χ0n) is 15.8. The highest BCUT2D eigenvalue weighted by Gasteiger charge is 2.33. The average molecular weight is 412 g/mol. The van der Waals surface area contributed by atoms with Crippen LogP contribution < -0.4 is 0 Å². The van der Waals surface area contributed by atoms with Crippen molar-refractivity contribution in [2.45, 2.75) is 43.4 Å². The van der Waals surface area contributed by atoms with Gasteiger partial charge in [-0.3, -0.25) is 14.5 Å². The van der Waals surface area contributed by atoms with E-state index >= 15 is 0 Å². The topological polar surface area (TPSA) is 63.2 Å². The van der Waals surface area contributed by atoms with E-state index in [0.29, 0.717) is 12.1 Å². The van der Waals surface area contributed by atoms with Crippen molar-refractivity contribution in [3.63, 3.8) is 0 Å². The summed E-state index contributed by atoms with van der Waals surface area (Å²) in [5.74, 6) is -0.332. The van der Waals surface area contributed by atoms with Gasteiger partial charge in [-0.05, 0) is 44.4 Å². The minimum atomic E-state index is -0.312. The third kappa shape index (κ3) is 3.56. The Labute approximate surface area is 172 Å². The van der Waals surface area contributed by atoms with Gasteiger partial charge in [0.2, 0.25) is 5.91 Å². The summed E-state index contributed by atoms with van der Waals surface area (Å²) in [4.78, 5) is 38.6. The van der Waals surface area contributed by atoms with Gasteiger partial charge in [0, 0.05) is 22.4 Å². The van der Waals surface area contributed by atoms with E-state index in [1.807, 2.05) is 18.2 Å². The van der Waals surface area contributed by atoms with Gasteiger partial charge in [0.1, 0.15) is 16.2 Å². The van der Waals surface area contributed by atoms with Crippen molar-refractivity contribution in [2.75, 3.05) is 6.54 Å². The first-order valence-corrected chi connectivity index (χ1v) is 11.0. The number of thioether (sulfide) groups is 1. The number of rotatable bonds is 3. The van der Waals surface area contributed by atoms with Crippen LogP contribution in [0.1, 0.15) is 40.1 Å². The minimum Gasteiger partial charge on any atom is -0.278 e. The monoisotopic (exact) mass is 411 g/mol. The maximum Gasteiger partial charge on any atom is 0.260 e. The van der Waals surface area contributed by atoms with Crippen LogP contribution in [0.25, 0.3) is 10.2 Å². The molecule has 144 valence electrons. The first-order valence-electron chi connectivity index (χ1n) is 9.34. The standard InChI is InChI=1S/C21H21N3O2S2/c1-13-14(2)27-18-17(13)19(23-12-22-18)28-16-10-6-7-11-24(21(16)26)20(25)15-8-4-3-5-9-15/h3-5,8-9,12,16H,6-7,10-11H2,1-2H3/t16-/m1/s1. The second kappa shape index (κ2) is 8.01. The molecule has 0 spiro atoms. The highest BCUT2D eigenvalue weighted by molar-refractivity contribution is 8.00. The predicted octanol–water partition coefficient (Wildman–Crippen LogP) is 4.62. The van der Waals surface area contributed by atoms with Gasteiger partial charge in [-0.1, -0.05) is 36.4 Å². The fraction of sp³-hybridized carbons (Fsp3) is 0.333. The van der Waals surface area contributed by atoms with E-state index in [-0.39, 0.29) is 17.1 Å². The third-order valence-electron chi connectivity index (χ3n) is 5.09. The van der Waals surface area contributed by atoms with E-state index in [1.54, 1.807) is 29.8 Å². The SMILES string of the molecule is Cc1sc2ncnc(S[C@@H]3CCCCN(C(=O)c4ccccc4)C3=O)c2c1C. The van der Waals surface area contributed by atoms with Gasteiger partial charge in [0.15, 0.2) is 0 Å². The Morgan fingerprint density at radius 3 is 2.75 bits per heavy atom. The molecule has 7 heteroatoms. The van der Waals surface area contributed by atoms with Gasteiger partial charge in [0.25, 0.3) is 5.91 Å². The van der Waals surface area contributed by atoms with Crippen LogP contribution in [0.2, 0.25) is 0 Å². The Hall–Kier alpha value is -2.25. The molecule has 5 nitrogen and oxygen atoms in total. The first-order chi connectivity index (χ1) is 13.6. The highest BCUT2D eigenvalue weighted by Crippen LogP contribution is 2.38. The van der Waals surface area contributed by atoms with Crippen molar-refractivity contribution in [2.24, 2.45) is 0 Å². The average Bonchev–Trinajstić information content (AvgIpc) is 2.89. The molecule has 1 fully saturated rings. The molecule has 0 bridgehead atoms. The number of thiophene rings is 1. The lowest BCUT2D eigenvalue weighted by Crippen LogP contribution is -2.41. The number of carbonyl (C=O) groups excluding carboxylic acids is 2. The Balaban J connectivity index is 1.63. The van der Waals surface area contributed by atoms with E-state index in [4.69, 9.17) is 0 Å². The van der Waals surface area contributed by atoms with E-state index in [0.717, 1.165) is 34.5 Å². The van der Waals surface area contributed by atoms with E-state index in [1.165, 1.54) is 27.1 Å². The smallest absolute Gasteiger partial charge is 0.260 e. The number of aryl methyl sites for hydroxylation is 2. The number of imide groups is 1. The Kier molecular flexibility index (Phi) is 5.46. The number of carbonyl (C=O) groups is 2. The lowest BCUT2D eigenvalue weighted by molar-refractivity contribution is -0.127. The predicted molar refractivity (Wildman–Crippen MR) is 113 cm³/mol. The van der Waals surface area contributed by atoms with Gasteiger partial charge in [-0.2, -0.15) is 0 Å². The van der Waals surface area contributed by atoms with Crippen LogP contribution in [0.4, 0.5) is 0 Å². The quantitative estimate of drug-likeness (QED) is 0.465. The number of nitrogens with zero attached hydrogens (tertiary/aromatic N) is 3. The van der Waals surface area contributed by atoms with E-state index in [2.05, 4.69) is 23.8 Å². The zero-order valence-corrected chi connectivity index (χ0v) is 17.5. The van der Waals surface area contributed by atoms with Crippen molar-refractivity contribution in [3.05, 3.63) is 52.7 Å². The molecule has 1 saturated heterocycles. The molecule has 1 aromatic carbocycles. The normalized spacial score (nSPS) is 17.7. The van der Waals surface area contributed by atoms with Crippen LogP contribution in [0.5, 0.6) is 0 Å². The maximum atomic E-state index is 13.2. The summed E-state index contributed by atoms with van der Waals surface area (Å²) < 4.78 is 0. The molecule has 0 radical (unpaired) electrons. The van der Waals surface area contributed by atoms with Gasteiger partial charge in [-0.15, -0.1) is 11.3 Å². The lowest BCUT2D eigenvalue weighted by atomic mass is 10.2. The van der Waals surface area contributed by atoms with Crippen LogP contribution in [0, 0.1) is 13.8 Å².